The summed E-state index contributed by atoms with van der Waals surface area (Å²) in [7, 11) is 0. The van der Waals surface area contributed by atoms with Gasteiger partial charge in [-0.1, -0.05) is 12.2 Å². The predicted octanol–water partition coefficient (Wildman–Crippen LogP) is 2.03. The average molecular weight is 184 g/mol. The van der Waals surface area contributed by atoms with Crippen molar-refractivity contribution in [1.82, 2.24) is 0 Å². The van der Waals surface area contributed by atoms with Crippen molar-refractivity contribution >= 4 is 0 Å². The van der Waals surface area contributed by atoms with Crippen molar-refractivity contribution in [3.05, 3.63) is 25.3 Å². The summed E-state index contributed by atoms with van der Waals surface area (Å²) in [6.45, 7) is 10.5. The van der Waals surface area contributed by atoms with Crippen LogP contribution in [-0.2, 0) is 0 Å². The largest absolute Gasteiger partial charge is 0.390 e. The molecule has 0 rings (SSSR count). The summed E-state index contributed by atoms with van der Waals surface area (Å²) < 4.78 is 0. The summed E-state index contributed by atoms with van der Waals surface area (Å²) in [5, 5.41) is 19.6. The van der Waals surface area contributed by atoms with E-state index in [2.05, 4.69) is 13.2 Å². The zero-order valence-electron chi connectivity index (χ0n) is 8.58. The van der Waals surface area contributed by atoms with E-state index >= 15 is 0 Å². The van der Waals surface area contributed by atoms with E-state index < -0.39 is 11.2 Å². The van der Waals surface area contributed by atoms with Crippen molar-refractivity contribution in [3.8, 4) is 0 Å². The molecule has 0 heterocycles. The minimum Gasteiger partial charge on any atom is -0.390 e. The Balaban J connectivity index is 4.22. The fraction of sp³-hybridized carbons (Fsp3) is 0.636. The van der Waals surface area contributed by atoms with Gasteiger partial charge < -0.3 is 10.2 Å². The van der Waals surface area contributed by atoms with Gasteiger partial charge in [0, 0.05) is 6.42 Å². The van der Waals surface area contributed by atoms with Crippen LogP contribution in [0.3, 0.4) is 0 Å². The highest BCUT2D eigenvalue weighted by atomic mass is 16.3. The standard InChI is InChI=1S/C11H20O2/c1-5-7-10(3,12)9-11(4,13)8-6-2/h5-6,12-13H,1-2,7-9H2,3-4H3. The molecular weight excluding hydrogens is 164 g/mol. The van der Waals surface area contributed by atoms with Crippen LogP contribution < -0.4 is 0 Å². The average Bonchev–Trinajstić information content (AvgIpc) is 1.82. The molecule has 0 aromatic heterocycles. The first-order valence-corrected chi connectivity index (χ1v) is 4.49. The van der Waals surface area contributed by atoms with Crippen molar-refractivity contribution in [3.63, 3.8) is 0 Å². The Bertz CT molecular complexity index is 161. The second kappa shape index (κ2) is 4.58. The van der Waals surface area contributed by atoms with Gasteiger partial charge in [-0.3, -0.25) is 0 Å². The van der Waals surface area contributed by atoms with Crippen LogP contribution in [0.25, 0.3) is 0 Å². The summed E-state index contributed by atoms with van der Waals surface area (Å²) in [4.78, 5) is 0. The summed E-state index contributed by atoms with van der Waals surface area (Å²) >= 11 is 0. The zero-order chi connectivity index (χ0) is 10.5. The minimum atomic E-state index is -0.881. The molecule has 0 aliphatic carbocycles. The fourth-order valence-corrected chi connectivity index (χ4v) is 1.59. The van der Waals surface area contributed by atoms with Gasteiger partial charge in [-0.25, -0.2) is 0 Å². The molecule has 76 valence electrons. The molecule has 0 spiro atoms. The van der Waals surface area contributed by atoms with Gasteiger partial charge in [-0.2, -0.15) is 0 Å². The second-order valence-electron chi connectivity index (χ2n) is 4.16. The molecule has 0 saturated heterocycles. The normalized spacial score (nSPS) is 20.0. The highest BCUT2D eigenvalue weighted by Crippen LogP contribution is 2.26. The van der Waals surface area contributed by atoms with Crippen molar-refractivity contribution in [2.24, 2.45) is 0 Å². The van der Waals surface area contributed by atoms with E-state index in [4.69, 9.17) is 0 Å². The summed E-state index contributed by atoms with van der Waals surface area (Å²) in [5.41, 5.74) is -1.76. The maximum atomic E-state index is 9.81. The third kappa shape index (κ3) is 5.61. The third-order valence-electron chi connectivity index (χ3n) is 1.93. The molecular formula is C11H20O2. The lowest BCUT2D eigenvalue weighted by atomic mass is 9.85. The Morgan fingerprint density at radius 2 is 1.31 bits per heavy atom. The van der Waals surface area contributed by atoms with Gasteiger partial charge in [0.25, 0.3) is 0 Å². The van der Waals surface area contributed by atoms with E-state index in [1.54, 1.807) is 26.0 Å². The molecule has 2 nitrogen and oxygen atoms in total. The van der Waals surface area contributed by atoms with Crippen molar-refractivity contribution in [1.29, 1.82) is 0 Å². The molecule has 0 aliphatic heterocycles. The van der Waals surface area contributed by atoms with E-state index in [0.717, 1.165) is 0 Å². The van der Waals surface area contributed by atoms with Crippen LogP contribution in [-0.4, -0.2) is 21.4 Å². The molecule has 0 saturated carbocycles. The maximum absolute atomic E-state index is 9.81. The van der Waals surface area contributed by atoms with Crippen LogP contribution in [0.15, 0.2) is 25.3 Å². The summed E-state index contributed by atoms with van der Waals surface area (Å²) in [5.74, 6) is 0. The van der Waals surface area contributed by atoms with Gasteiger partial charge in [0.2, 0.25) is 0 Å². The number of hydrogen-bond acceptors (Lipinski definition) is 2. The highest BCUT2D eigenvalue weighted by molar-refractivity contribution is 4.92. The third-order valence-corrected chi connectivity index (χ3v) is 1.93. The van der Waals surface area contributed by atoms with Gasteiger partial charge in [-0.05, 0) is 26.7 Å². The van der Waals surface area contributed by atoms with Gasteiger partial charge in [0.1, 0.15) is 0 Å². The van der Waals surface area contributed by atoms with Gasteiger partial charge in [-0.15, -0.1) is 13.2 Å². The first-order valence-electron chi connectivity index (χ1n) is 4.49. The molecule has 2 atom stereocenters. The van der Waals surface area contributed by atoms with Gasteiger partial charge >= 0.3 is 0 Å². The van der Waals surface area contributed by atoms with Crippen LogP contribution >= 0.6 is 0 Å². The molecule has 0 fully saturated rings. The topological polar surface area (TPSA) is 40.5 Å². The Morgan fingerprint density at radius 1 is 1.00 bits per heavy atom. The molecule has 2 N–H and O–H groups in total. The van der Waals surface area contributed by atoms with Crippen LogP contribution in [0.4, 0.5) is 0 Å². The second-order valence-corrected chi connectivity index (χ2v) is 4.16. The Hall–Kier alpha value is -0.600. The Morgan fingerprint density at radius 3 is 1.54 bits per heavy atom. The van der Waals surface area contributed by atoms with Crippen LogP contribution in [0, 0.1) is 0 Å². The number of hydrogen-bond donors (Lipinski definition) is 2. The molecule has 0 aromatic carbocycles. The lowest BCUT2D eigenvalue weighted by Crippen LogP contribution is -2.36. The first-order chi connectivity index (χ1) is 5.83. The fourth-order valence-electron chi connectivity index (χ4n) is 1.59. The smallest absolute Gasteiger partial charge is 0.0681 e. The van der Waals surface area contributed by atoms with E-state index in [9.17, 15) is 10.2 Å². The predicted molar refractivity (Wildman–Crippen MR) is 55.5 cm³/mol. The van der Waals surface area contributed by atoms with E-state index in [-0.39, 0.29) is 0 Å². The van der Waals surface area contributed by atoms with Crippen LogP contribution in [0.2, 0.25) is 0 Å². The molecule has 0 radical (unpaired) electrons. The molecule has 0 aliphatic rings. The summed E-state index contributed by atoms with van der Waals surface area (Å²) in [6.07, 6.45) is 4.62. The monoisotopic (exact) mass is 184 g/mol. The molecule has 0 bridgehead atoms. The lowest BCUT2D eigenvalue weighted by molar-refractivity contribution is -0.0416. The molecule has 0 aromatic rings. The maximum Gasteiger partial charge on any atom is 0.0681 e. The number of rotatable bonds is 6. The Kier molecular flexibility index (Phi) is 4.37. The number of aliphatic hydroxyl groups is 2. The lowest BCUT2D eigenvalue weighted by Gasteiger charge is -2.31. The van der Waals surface area contributed by atoms with E-state index in [1.165, 1.54) is 0 Å². The van der Waals surface area contributed by atoms with Crippen molar-refractivity contribution in [2.75, 3.05) is 0 Å². The Labute approximate surface area is 80.6 Å². The van der Waals surface area contributed by atoms with Crippen molar-refractivity contribution in [2.45, 2.75) is 44.3 Å². The minimum absolute atomic E-state index is 0.331. The van der Waals surface area contributed by atoms with Crippen LogP contribution in [0.5, 0.6) is 0 Å². The van der Waals surface area contributed by atoms with E-state index in [1.807, 2.05) is 0 Å². The molecule has 0 amide bonds. The summed E-state index contributed by atoms with van der Waals surface area (Å²) in [6, 6.07) is 0. The molecule has 13 heavy (non-hydrogen) atoms. The molecule has 2 unspecified atom stereocenters. The van der Waals surface area contributed by atoms with Gasteiger partial charge in [0.05, 0.1) is 11.2 Å². The van der Waals surface area contributed by atoms with Gasteiger partial charge in [0.15, 0.2) is 0 Å². The van der Waals surface area contributed by atoms with E-state index in [0.29, 0.717) is 19.3 Å². The SMILES string of the molecule is C=CCC(C)(O)CC(C)(O)CC=C. The highest BCUT2D eigenvalue weighted by Gasteiger charge is 2.30. The first kappa shape index (κ1) is 12.4. The molecule has 2 heteroatoms. The zero-order valence-corrected chi connectivity index (χ0v) is 8.58. The van der Waals surface area contributed by atoms with Crippen LogP contribution in [0.1, 0.15) is 33.1 Å². The van der Waals surface area contributed by atoms with Crippen molar-refractivity contribution < 1.29 is 10.2 Å². The quantitative estimate of drug-likeness (QED) is 0.620.